The summed E-state index contributed by atoms with van der Waals surface area (Å²) in [5, 5.41) is 6.33. The lowest BCUT2D eigenvalue weighted by molar-refractivity contribution is -0.123. The van der Waals surface area contributed by atoms with Gasteiger partial charge < -0.3 is 10.6 Å². The van der Waals surface area contributed by atoms with Gasteiger partial charge in [-0.2, -0.15) is 0 Å². The Morgan fingerprint density at radius 3 is 2.47 bits per heavy atom. The Morgan fingerprint density at radius 1 is 1.29 bits per heavy atom. The summed E-state index contributed by atoms with van der Waals surface area (Å²) in [4.78, 5) is 24.7. The van der Waals surface area contributed by atoms with Gasteiger partial charge >= 0.3 is 0 Å². The van der Waals surface area contributed by atoms with E-state index in [2.05, 4.69) is 31.5 Å². The van der Waals surface area contributed by atoms with Gasteiger partial charge in [0.25, 0.3) is 0 Å². The van der Waals surface area contributed by atoms with Gasteiger partial charge in [-0.3, -0.25) is 14.5 Å². The van der Waals surface area contributed by atoms with E-state index < -0.39 is 0 Å². The number of amides is 2. The number of rotatable bonds is 5. The van der Waals surface area contributed by atoms with Crippen molar-refractivity contribution in [2.45, 2.75) is 25.3 Å². The lowest BCUT2D eigenvalue weighted by atomic mass is 10.0. The molecule has 0 aromatic heterocycles. The fraction of sp³-hybridized carbons (Fsp3) is 0.818. The lowest BCUT2D eigenvalue weighted by Crippen LogP contribution is -2.47. The maximum atomic E-state index is 11.4. The summed E-state index contributed by atoms with van der Waals surface area (Å²) in [5.41, 5.74) is 0. The van der Waals surface area contributed by atoms with Crippen molar-refractivity contribution in [3.8, 4) is 0 Å². The zero-order valence-electron chi connectivity index (χ0n) is 10.2. The molecule has 1 aliphatic heterocycles. The van der Waals surface area contributed by atoms with Crippen LogP contribution < -0.4 is 10.6 Å². The molecule has 1 fully saturated rings. The van der Waals surface area contributed by atoms with Crippen LogP contribution in [0.15, 0.2) is 0 Å². The van der Waals surface area contributed by atoms with Crippen LogP contribution in [0.3, 0.4) is 0 Å². The van der Waals surface area contributed by atoms with Crippen LogP contribution in [0.4, 0.5) is 0 Å². The molecule has 0 spiro atoms. The molecule has 5 nitrogen and oxygen atoms in total. The molecule has 1 heterocycles. The van der Waals surface area contributed by atoms with Crippen LogP contribution >= 0.6 is 15.9 Å². The molecular weight excluding hydrogens is 286 g/mol. The number of hydrogen-bond acceptors (Lipinski definition) is 3. The third kappa shape index (κ3) is 5.50. The predicted molar refractivity (Wildman–Crippen MR) is 70.1 cm³/mol. The molecule has 98 valence electrons. The maximum absolute atomic E-state index is 11.4. The Kier molecular flexibility index (Phi) is 6.50. The molecule has 0 bridgehead atoms. The van der Waals surface area contributed by atoms with Crippen molar-refractivity contribution in [1.82, 2.24) is 15.5 Å². The van der Waals surface area contributed by atoms with E-state index in [1.165, 1.54) is 0 Å². The van der Waals surface area contributed by atoms with Crippen molar-refractivity contribution >= 4 is 27.7 Å². The molecule has 0 saturated carbocycles. The minimum Gasteiger partial charge on any atom is -0.358 e. The summed E-state index contributed by atoms with van der Waals surface area (Å²) < 4.78 is 0. The molecule has 1 rings (SSSR count). The highest BCUT2D eigenvalue weighted by atomic mass is 79.9. The van der Waals surface area contributed by atoms with Crippen LogP contribution in [0.2, 0.25) is 0 Å². The molecule has 2 N–H and O–H groups in total. The fourth-order valence-electron chi connectivity index (χ4n) is 1.90. The largest absolute Gasteiger partial charge is 0.358 e. The Balaban J connectivity index is 2.21. The predicted octanol–water partition coefficient (Wildman–Crippen LogP) is 0.0980. The number of nitrogens with zero attached hydrogens (tertiary/aromatic N) is 1. The Bertz CT molecular complexity index is 265. The topological polar surface area (TPSA) is 61.4 Å². The molecule has 0 aromatic carbocycles. The molecule has 0 radical (unpaired) electrons. The molecule has 0 aromatic rings. The number of likely N-dealkylation sites (tertiary alicyclic amines) is 1. The maximum Gasteiger partial charge on any atom is 0.233 e. The first kappa shape index (κ1) is 14.4. The van der Waals surface area contributed by atoms with Crippen LogP contribution in [0.5, 0.6) is 0 Å². The highest BCUT2D eigenvalue weighted by molar-refractivity contribution is 9.09. The van der Waals surface area contributed by atoms with Gasteiger partial charge in [-0.25, -0.2) is 0 Å². The van der Waals surface area contributed by atoms with E-state index in [0.717, 1.165) is 25.9 Å². The number of likely N-dealkylation sites (N-methyl/N-ethyl adjacent to an activating group) is 1. The fourth-order valence-corrected chi connectivity index (χ4v) is 2.26. The number of piperidine rings is 1. The van der Waals surface area contributed by atoms with Gasteiger partial charge in [0, 0.05) is 37.9 Å². The van der Waals surface area contributed by atoms with Gasteiger partial charge in [-0.1, -0.05) is 15.9 Å². The number of hydrogen-bond donors (Lipinski definition) is 2. The van der Waals surface area contributed by atoms with Crippen molar-refractivity contribution in [2.24, 2.45) is 0 Å². The van der Waals surface area contributed by atoms with E-state index in [1.807, 2.05) is 0 Å². The minimum absolute atomic E-state index is 0.0479. The summed E-state index contributed by atoms with van der Waals surface area (Å²) in [6, 6.07) is 0.266. The summed E-state index contributed by atoms with van der Waals surface area (Å²) in [6.07, 6.45) is 2.37. The monoisotopic (exact) mass is 305 g/mol. The summed E-state index contributed by atoms with van der Waals surface area (Å²) in [6.45, 7) is 2.19. The molecule has 17 heavy (non-hydrogen) atoms. The van der Waals surface area contributed by atoms with E-state index in [4.69, 9.17) is 0 Å². The van der Waals surface area contributed by atoms with Crippen molar-refractivity contribution in [3.63, 3.8) is 0 Å². The number of halogens is 1. The average molecular weight is 306 g/mol. The molecule has 0 unspecified atom stereocenters. The molecule has 1 aliphatic rings. The van der Waals surface area contributed by atoms with Crippen molar-refractivity contribution in [1.29, 1.82) is 0 Å². The summed E-state index contributed by atoms with van der Waals surface area (Å²) in [7, 11) is 1.65. The average Bonchev–Trinajstić information content (AvgIpc) is 2.32. The van der Waals surface area contributed by atoms with Crippen LogP contribution in [-0.4, -0.2) is 54.8 Å². The number of nitrogens with one attached hydrogen (secondary N) is 2. The van der Waals surface area contributed by atoms with Crippen molar-refractivity contribution in [2.75, 3.05) is 32.0 Å². The number of carbonyl (C=O) groups is 2. The Labute approximate surface area is 110 Å². The molecular formula is C11H20BrN3O2. The first-order valence-corrected chi connectivity index (χ1v) is 7.06. The van der Waals surface area contributed by atoms with E-state index in [-0.39, 0.29) is 17.9 Å². The van der Waals surface area contributed by atoms with Crippen molar-refractivity contribution in [3.05, 3.63) is 0 Å². The second kappa shape index (κ2) is 7.66. The normalized spacial score (nSPS) is 17.8. The van der Waals surface area contributed by atoms with Crippen LogP contribution in [0.1, 0.15) is 19.3 Å². The molecule has 0 aliphatic carbocycles. The van der Waals surface area contributed by atoms with Crippen LogP contribution in [0, 0.1) is 0 Å². The third-order valence-electron chi connectivity index (χ3n) is 2.92. The zero-order chi connectivity index (χ0) is 12.7. The van der Waals surface area contributed by atoms with Gasteiger partial charge in [0.1, 0.15) is 0 Å². The quantitative estimate of drug-likeness (QED) is 0.708. The SMILES string of the molecule is CNC(=O)CN1CCC(NC(=O)CCBr)CC1. The Morgan fingerprint density at radius 2 is 1.94 bits per heavy atom. The molecule has 0 atom stereocenters. The van der Waals surface area contributed by atoms with E-state index in [9.17, 15) is 9.59 Å². The highest BCUT2D eigenvalue weighted by Gasteiger charge is 2.21. The summed E-state index contributed by atoms with van der Waals surface area (Å²) in [5.74, 6) is 0.151. The zero-order valence-corrected chi connectivity index (χ0v) is 11.8. The van der Waals surface area contributed by atoms with E-state index >= 15 is 0 Å². The first-order chi connectivity index (χ1) is 8.15. The van der Waals surface area contributed by atoms with Crippen molar-refractivity contribution < 1.29 is 9.59 Å². The third-order valence-corrected chi connectivity index (χ3v) is 3.32. The molecule has 1 saturated heterocycles. The van der Waals surface area contributed by atoms with E-state index in [0.29, 0.717) is 18.3 Å². The van der Waals surface area contributed by atoms with Gasteiger partial charge in [0.2, 0.25) is 11.8 Å². The second-order valence-electron chi connectivity index (χ2n) is 4.23. The molecule has 2 amide bonds. The van der Waals surface area contributed by atoms with E-state index in [1.54, 1.807) is 7.05 Å². The van der Waals surface area contributed by atoms with Gasteiger partial charge in [-0.05, 0) is 12.8 Å². The lowest BCUT2D eigenvalue weighted by Gasteiger charge is -2.31. The second-order valence-corrected chi connectivity index (χ2v) is 5.02. The number of carbonyl (C=O) groups excluding carboxylic acids is 2. The highest BCUT2D eigenvalue weighted by Crippen LogP contribution is 2.10. The standard InChI is InChI=1S/C11H20BrN3O2/c1-13-11(17)8-15-6-3-9(4-7-15)14-10(16)2-5-12/h9H,2-8H2,1H3,(H,13,17)(H,14,16). The van der Waals surface area contributed by atoms with Gasteiger partial charge in [-0.15, -0.1) is 0 Å². The smallest absolute Gasteiger partial charge is 0.233 e. The van der Waals surface area contributed by atoms with Gasteiger partial charge in [0.15, 0.2) is 0 Å². The first-order valence-electron chi connectivity index (χ1n) is 5.94. The number of alkyl halides is 1. The molecule has 6 heteroatoms. The minimum atomic E-state index is 0.0479. The Hall–Kier alpha value is -0.620. The van der Waals surface area contributed by atoms with Crippen LogP contribution in [0.25, 0.3) is 0 Å². The van der Waals surface area contributed by atoms with Crippen LogP contribution in [-0.2, 0) is 9.59 Å². The summed E-state index contributed by atoms with van der Waals surface area (Å²) >= 11 is 3.25. The van der Waals surface area contributed by atoms with Gasteiger partial charge in [0.05, 0.1) is 6.54 Å².